The van der Waals surface area contributed by atoms with E-state index in [2.05, 4.69) is 25.8 Å². The molecule has 1 rings (SSSR count). The summed E-state index contributed by atoms with van der Waals surface area (Å²) in [6, 6.07) is 4.15. The van der Waals surface area contributed by atoms with Crippen LogP contribution in [-0.4, -0.2) is 23.9 Å². The number of carbonyl (C=O) groups excluding carboxylic acids is 1. The number of carbonyl (C=O) groups is 1. The van der Waals surface area contributed by atoms with Gasteiger partial charge in [0.15, 0.2) is 0 Å². The molecule has 2 nitrogen and oxygen atoms in total. The fourth-order valence-corrected chi connectivity index (χ4v) is 1.60. The quantitative estimate of drug-likeness (QED) is 0.630. The second-order valence-corrected chi connectivity index (χ2v) is 3.97. The molecule has 0 radical (unpaired) electrons. The number of amides is 1. The van der Waals surface area contributed by atoms with Crippen molar-refractivity contribution in [2.24, 2.45) is 0 Å². The van der Waals surface area contributed by atoms with Gasteiger partial charge in [-0.05, 0) is 18.2 Å². The lowest BCUT2D eigenvalue weighted by molar-refractivity contribution is 0.0786. The highest BCUT2D eigenvalue weighted by molar-refractivity contribution is 7.80. The minimum Gasteiger partial charge on any atom is -0.331 e. The van der Waals surface area contributed by atoms with E-state index in [4.69, 9.17) is 0 Å². The van der Waals surface area contributed by atoms with Crippen LogP contribution in [0.1, 0.15) is 10.4 Å². The van der Waals surface area contributed by atoms with Gasteiger partial charge in [0.25, 0.3) is 5.91 Å². The summed E-state index contributed by atoms with van der Waals surface area (Å²) in [6.07, 6.45) is 3.17. The zero-order valence-electron chi connectivity index (χ0n) is 9.40. The molecule has 0 aliphatic rings. The van der Waals surface area contributed by atoms with Crippen LogP contribution in [0.2, 0.25) is 0 Å². The molecule has 0 N–H and O–H groups in total. The Balaban J connectivity index is 3.03. The van der Waals surface area contributed by atoms with Crippen molar-refractivity contribution in [3.05, 3.63) is 54.9 Å². The van der Waals surface area contributed by atoms with Gasteiger partial charge in [0.1, 0.15) is 5.82 Å². The van der Waals surface area contributed by atoms with Gasteiger partial charge >= 0.3 is 0 Å². The van der Waals surface area contributed by atoms with Gasteiger partial charge in [-0.1, -0.05) is 12.2 Å². The summed E-state index contributed by atoms with van der Waals surface area (Å²) in [7, 11) is 0. The van der Waals surface area contributed by atoms with Crippen molar-refractivity contribution in [1.29, 1.82) is 0 Å². The van der Waals surface area contributed by atoms with Crippen molar-refractivity contribution in [2.75, 3.05) is 13.1 Å². The standard InChI is InChI=1S/C13H14FNOS/c1-3-7-15(8-4-2)13(16)11-9-10(17)5-6-12(11)14/h3-6,9,17H,1-2,7-8H2. The van der Waals surface area contributed by atoms with Gasteiger partial charge in [-0.15, -0.1) is 25.8 Å². The molecule has 0 aromatic heterocycles. The first-order valence-corrected chi connectivity index (χ1v) is 5.54. The normalized spacial score (nSPS) is 9.76. The smallest absolute Gasteiger partial charge is 0.257 e. The average Bonchev–Trinajstić information content (AvgIpc) is 2.31. The van der Waals surface area contributed by atoms with Crippen LogP contribution in [0.25, 0.3) is 0 Å². The van der Waals surface area contributed by atoms with Gasteiger partial charge in [0.05, 0.1) is 5.56 Å². The summed E-state index contributed by atoms with van der Waals surface area (Å²) in [4.78, 5) is 14.1. The van der Waals surface area contributed by atoms with Gasteiger partial charge in [-0.25, -0.2) is 4.39 Å². The maximum absolute atomic E-state index is 13.5. The Morgan fingerprint density at radius 1 is 1.35 bits per heavy atom. The van der Waals surface area contributed by atoms with E-state index in [-0.39, 0.29) is 5.56 Å². The number of nitrogens with zero attached hydrogens (tertiary/aromatic N) is 1. The summed E-state index contributed by atoms with van der Waals surface area (Å²) in [5, 5.41) is 0. The van der Waals surface area contributed by atoms with Crippen molar-refractivity contribution < 1.29 is 9.18 Å². The van der Waals surface area contributed by atoms with E-state index >= 15 is 0 Å². The fraction of sp³-hybridized carbons (Fsp3) is 0.154. The molecular formula is C13H14FNOS. The molecule has 0 unspecified atom stereocenters. The van der Waals surface area contributed by atoms with Crippen LogP contribution in [0.4, 0.5) is 4.39 Å². The third-order valence-electron chi connectivity index (χ3n) is 2.17. The first-order valence-electron chi connectivity index (χ1n) is 5.09. The van der Waals surface area contributed by atoms with E-state index in [0.717, 1.165) is 0 Å². The summed E-state index contributed by atoms with van der Waals surface area (Å²) in [5.41, 5.74) is 0.0150. The summed E-state index contributed by atoms with van der Waals surface area (Å²) in [6.45, 7) is 7.82. The molecule has 0 aliphatic heterocycles. The molecule has 4 heteroatoms. The Hall–Kier alpha value is -1.55. The average molecular weight is 251 g/mol. The van der Waals surface area contributed by atoms with Gasteiger partial charge < -0.3 is 4.90 Å². The number of benzene rings is 1. The molecule has 90 valence electrons. The fourth-order valence-electron chi connectivity index (χ4n) is 1.40. The summed E-state index contributed by atoms with van der Waals surface area (Å²) in [5.74, 6) is -0.941. The van der Waals surface area contributed by atoms with Crippen LogP contribution in [-0.2, 0) is 0 Å². The zero-order valence-corrected chi connectivity index (χ0v) is 10.3. The largest absolute Gasteiger partial charge is 0.331 e. The van der Waals surface area contributed by atoms with E-state index in [1.54, 1.807) is 12.2 Å². The summed E-state index contributed by atoms with van der Waals surface area (Å²) >= 11 is 4.09. The SMILES string of the molecule is C=CCN(CC=C)C(=O)c1cc(S)ccc1F. The third kappa shape index (κ3) is 3.46. The molecule has 17 heavy (non-hydrogen) atoms. The Bertz CT molecular complexity index is 435. The first kappa shape index (κ1) is 13.5. The molecule has 1 amide bonds. The molecule has 0 spiro atoms. The van der Waals surface area contributed by atoms with Gasteiger partial charge in [0.2, 0.25) is 0 Å². The molecule has 1 aromatic carbocycles. The molecule has 0 atom stereocenters. The van der Waals surface area contributed by atoms with Crippen molar-refractivity contribution in [3.8, 4) is 0 Å². The van der Waals surface area contributed by atoms with Crippen LogP contribution in [0.15, 0.2) is 48.4 Å². The Morgan fingerprint density at radius 2 is 1.94 bits per heavy atom. The number of rotatable bonds is 5. The Labute approximate surface area is 106 Å². The number of hydrogen-bond donors (Lipinski definition) is 1. The Morgan fingerprint density at radius 3 is 2.47 bits per heavy atom. The van der Waals surface area contributed by atoms with E-state index in [1.807, 2.05) is 0 Å². The van der Waals surface area contributed by atoms with Crippen LogP contribution in [0, 0.1) is 5.82 Å². The van der Waals surface area contributed by atoms with Crippen LogP contribution >= 0.6 is 12.6 Å². The highest BCUT2D eigenvalue weighted by atomic mass is 32.1. The minimum atomic E-state index is -0.550. The lowest BCUT2D eigenvalue weighted by Gasteiger charge is -2.19. The molecule has 0 heterocycles. The third-order valence-corrected chi connectivity index (χ3v) is 2.44. The number of thiol groups is 1. The van der Waals surface area contributed by atoms with E-state index in [0.29, 0.717) is 18.0 Å². The summed E-state index contributed by atoms with van der Waals surface area (Å²) < 4.78 is 13.5. The highest BCUT2D eigenvalue weighted by Gasteiger charge is 2.17. The lowest BCUT2D eigenvalue weighted by atomic mass is 10.2. The second kappa shape index (κ2) is 6.25. The maximum Gasteiger partial charge on any atom is 0.257 e. The molecule has 1 aromatic rings. The molecular weight excluding hydrogens is 237 g/mol. The van der Waals surface area contributed by atoms with E-state index in [9.17, 15) is 9.18 Å². The predicted molar refractivity (Wildman–Crippen MR) is 69.9 cm³/mol. The van der Waals surface area contributed by atoms with E-state index < -0.39 is 11.7 Å². The van der Waals surface area contributed by atoms with Crippen molar-refractivity contribution in [2.45, 2.75) is 4.90 Å². The Kier molecular flexibility index (Phi) is 4.97. The molecule has 0 saturated heterocycles. The van der Waals surface area contributed by atoms with Crippen molar-refractivity contribution >= 4 is 18.5 Å². The predicted octanol–water partition coefficient (Wildman–Crippen LogP) is 2.93. The number of hydrogen-bond acceptors (Lipinski definition) is 2. The topological polar surface area (TPSA) is 20.3 Å². The molecule has 0 aliphatic carbocycles. The van der Waals surface area contributed by atoms with Gasteiger partial charge in [-0.2, -0.15) is 0 Å². The molecule has 0 bridgehead atoms. The van der Waals surface area contributed by atoms with E-state index in [1.165, 1.54) is 23.1 Å². The molecule has 0 fully saturated rings. The highest BCUT2D eigenvalue weighted by Crippen LogP contribution is 2.15. The first-order chi connectivity index (χ1) is 8.10. The monoisotopic (exact) mass is 251 g/mol. The van der Waals surface area contributed by atoms with Crippen molar-refractivity contribution in [3.63, 3.8) is 0 Å². The van der Waals surface area contributed by atoms with Gasteiger partial charge in [-0.3, -0.25) is 4.79 Å². The lowest BCUT2D eigenvalue weighted by Crippen LogP contribution is -2.31. The minimum absolute atomic E-state index is 0.0150. The number of halogens is 1. The van der Waals surface area contributed by atoms with Crippen LogP contribution < -0.4 is 0 Å². The maximum atomic E-state index is 13.5. The van der Waals surface area contributed by atoms with Gasteiger partial charge in [0, 0.05) is 18.0 Å². The van der Waals surface area contributed by atoms with Crippen molar-refractivity contribution in [1.82, 2.24) is 4.90 Å². The zero-order chi connectivity index (χ0) is 12.8. The van der Waals surface area contributed by atoms with Crippen LogP contribution in [0.3, 0.4) is 0 Å². The molecule has 0 saturated carbocycles. The van der Waals surface area contributed by atoms with Crippen LogP contribution in [0.5, 0.6) is 0 Å². The second-order valence-electron chi connectivity index (χ2n) is 3.45.